The molecule has 0 atom stereocenters. The molecule has 1 aliphatic carbocycles. The van der Waals surface area contributed by atoms with Crippen molar-refractivity contribution in [2.75, 3.05) is 18.1 Å². The van der Waals surface area contributed by atoms with E-state index < -0.39 is 9.84 Å². The number of hydrogen-bond acceptors (Lipinski definition) is 3. The van der Waals surface area contributed by atoms with Gasteiger partial charge in [0.2, 0.25) is 0 Å². The molecule has 0 unspecified atom stereocenters. The van der Waals surface area contributed by atoms with Gasteiger partial charge in [-0.3, -0.25) is 0 Å². The van der Waals surface area contributed by atoms with E-state index in [0.29, 0.717) is 5.75 Å². The van der Waals surface area contributed by atoms with Crippen molar-refractivity contribution in [3.05, 3.63) is 0 Å². The minimum Gasteiger partial charge on any atom is -0.314 e. The largest absolute Gasteiger partial charge is 0.314 e. The van der Waals surface area contributed by atoms with Crippen molar-refractivity contribution >= 4 is 9.84 Å². The van der Waals surface area contributed by atoms with E-state index in [-0.39, 0.29) is 5.75 Å². The molecule has 0 aromatic carbocycles. The maximum Gasteiger partial charge on any atom is 0.150 e. The van der Waals surface area contributed by atoms with E-state index in [1.165, 1.54) is 12.8 Å². The summed E-state index contributed by atoms with van der Waals surface area (Å²) >= 11 is 0. The maximum absolute atomic E-state index is 11.1. The number of nitrogens with one attached hydrogen (secondary N) is 1. The number of rotatable bonds is 8. The van der Waals surface area contributed by atoms with Crippen molar-refractivity contribution in [2.24, 2.45) is 0 Å². The highest BCUT2D eigenvalue weighted by Gasteiger charge is 2.19. The quantitative estimate of drug-likeness (QED) is 0.627. The first-order valence-electron chi connectivity index (χ1n) is 5.58. The molecule has 0 aliphatic heterocycles. The van der Waals surface area contributed by atoms with Gasteiger partial charge in [0.15, 0.2) is 0 Å². The molecule has 1 saturated carbocycles. The van der Waals surface area contributed by atoms with Crippen LogP contribution in [-0.4, -0.2) is 32.5 Å². The molecular formula is C10H21NO2S. The number of hydrogen-bond donors (Lipinski definition) is 1. The second kappa shape index (κ2) is 5.71. The third-order valence-corrected chi connectivity index (χ3v) is 4.37. The highest BCUT2D eigenvalue weighted by Crippen LogP contribution is 2.18. The van der Waals surface area contributed by atoms with Crippen LogP contribution in [0.15, 0.2) is 0 Å². The average molecular weight is 219 g/mol. The molecule has 4 heteroatoms. The van der Waals surface area contributed by atoms with Crippen LogP contribution in [0, 0.1) is 0 Å². The lowest BCUT2D eigenvalue weighted by Crippen LogP contribution is -2.17. The molecule has 0 spiro atoms. The Labute approximate surface area is 87.2 Å². The monoisotopic (exact) mass is 219 g/mol. The van der Waals surface area contributed by atoms with Gasteiger partial charge in [0, 0.05) is 11.8 Å². The minimum absolute atomic E-state index is 0.285. The second-order valence-electron chi connectivity index (χ2n) is 4.03. The van der Waals surface area contributed by atoms with Crippen molar-refractivity contribution in [2.45, 2.75) is 45.1 Å². The Morgan fingerprint density at radius 2 is 1.93 bits per heavy atom. The Balaban J connectivity index is 1.88. The maximum atomic E-state index is 11.1. The molecule has 0 bridgehead atoms. The van der Waals surface area contributed by atoms with Gasteiger partial charge >= 0.3 is 0 Å². The van der Waals surface area contributed by atoms with Crippen LogP contribution in [0.4, 0.5) is 0 Å². The summed E-state index contributed by atoms with van der Waals surface area (Å²) in [6, 6.07) is 0.773. The van der Waals surface area contributed by atoms with Crippen molar-refractivity contribution in [3.63, 3.8) is 0 Å². The Morgan fingerprint density at radius 3 is 2.50 bits per heavy atom. The molecule has 1 rings (SSSR count). The summed E-state index contributed by atoms with van der Waals surface area (Å²) in [6.07, 6.45) is 5.60. The van der Waals surface area contributed by atoms with Crippen molar-refractivity contribution in [3.8, 4) is 0 Å². The Hall–Kier alpha value is -0.0900. The summed E-state index contributed by atoms with van der Waals surface area (Å²) in [5.41, 5.74) is 0. The van der Waals surface area contributed by atoms with Gasteiger partial charge in [-0.2, -0.15) is 0 Å². The van der Waals surface area contributed by atoms with Gasteiger partial charge in [-0.05, 0) is 32.2 Å². The summed E-state index contributed by atoms with van der Waals surface area (Å²) in [4.78, 5) is 0. The van der Waals surface area contributed by atoms with Crippen LogP contribution < -0.4 is 5.32 Å². The molecule has 14 heavy (non-hydrogen) atoms. The van der Waals surface area contributed by atoms with Crippen LogP contribution in [-0.2, 0) is 9.84 Å². The van der Waals surface area contributed by atoms with E-state index in [1.807, 2.05) is 0 Å². The van der Waals surface area contributed by atoms with E-state index in [1.54, 1.807) is 6.92 Å². The standard InChI is InChI=1S/C10H21NO2S/c1-2-14(12,13)9-5-3-4-8-11-10-6-7-10/h10-11H,2-9H2,1H3. The summed E-state index contributed by atoms with van der Waals surface area (Å²) in [5, 5.41) is 3.42. The zero-order valence-corrected chi connectivity index (χ0v) is 9.78. The van der Waals surface area contributed by atoms with Gasteiger partial charge < -0.3 is 5.32 Å². The molecule has 0 amide bonds. The summed E-state index contributed by atoms with van der Waals surface area (Å²) in [7, 11) is -2.73. The second-order valence-corrected chi connectivity index (χ2v) is 6.50. The van der Waals surface area contributed by atoms with Gasteiger partial charge in [0.05, 0.1) is 5.75 Å². The number of unbranched alkanes of at least 4 members (excludes halogenated alkanes) is 2. The van der Waals surface area contributed by atoms with E-state index >= 15 is 0 Å². The lowest BCUT2D eigenvalue weighted by Gasteiger charge is -2.03. The van der Waals surface area contributed by atoms with E-state index in [0.717, 1.165) is 31.8 Å². The van der Waals surface area contributed by atoms with Gasteiger partial charge in [0.25, 0.3) is 0 Å². The van der Waals surface area contributed by atoms with Gasteiger partial charge in [-0.1, -0.05) is 13.3 Å². The van der Waals surface area contributed by atoms with Gasteiger partial charge in [-0.15, -0.1) is 0 Å². The molecule has 0 aromatic heterocycles. The third-order valence-electron chi connectivity index (χ3n) is 2.58. The molecule has 0 saturated heterocycles. The smallest absolute Gasteiger partial charge is 0.150 e. The topological polar surface area (TPSA) is 46.2 Å². The fourth-order valence-corrected chi connectivity index (χ4v) is 2.29. The third kappa shape index (κ3) is 5.60. The zero-order chi connectivity index (χ0) is 10.4. The zero-order valence-electron chi connectivity index (χ0n) is 8.96. The lowest BCUT2D eigenvalue weighted by atomic mass is 10.2. The first kappa shape index (κ1) is 12.0. The fraction of sp³-hybridized carbons (Fsp3) is 1.00. The Bertz CT molecular complexity index is 245. The van der Waals surface area contributed by atoms with Crippen LogP contribution >= 0.6 is 0 Å². The Kier molecular flexibility index (Phi) is 4.89. The van der Waals surface area contributed by atoms with Crippen LogP contribution in [0.1, 0.15) is 39.0 Å². The van der Waals surface area contributed by atoms with Crippen LogP contribution in [0.3, 0.4) is 0 Å². The minimum atomic E-state index is -2.73. The fourth-order valence-electron chi connectivity index (χ4n) is 1.36. The molecule has 0 aromatic rings. The van der Waals surface area contributed by atoms with E-state index in [9.17, 15) is 8.42 Å². The van der Waals surface area contributed by atoms with E-state index in [2.05, 4.69) is 5.32 Å². The van der Waals surface area contributed by atoms with Crippen LogP contribution in [0.2, 0.25) is 0 Å². The van der Waals surface area contributed by atoms with Gasteiger partial charge in [-0.25, -0.2) is 8.42 Å². The lowest BCUT2D eigenvalue weighted by molar-refractivity contribution is 0.583. The molecule has 0 radical (unpaired) electrons. The summed E-state index contributed by atoms with van der Waals surface area (Å²) < 4.78 is 22.3. The highest BCUT2D eigenvalue weighted by atomic mass is 32.2. The summed E-state index contributed by atoms with van der Waals surface area (Å²) in [5.74, 6) is 0.653. The van der Waals surface area contributed by atoms with E-state index in [4.69, 9.17) is 0 Å². The number of sulfone groups is 1. The van der Waals surface area contributed by atoms with Crippen LogP contribution in [0.25, 0.3) is 0 Å². The molecule has 1 aliphatic rings. The normalized spacial score (nSPS) is 17.2. The molecule has 84 valence electrons. The molecule has 1 N–H and O–H groups in total. The Morgan fingerprint density at radius 1 is 1.21 bits per heavy atom. The predicted molar refractivity (Wildman–Crippen MR) is 59.2 cm³/mol. The molecule has 1 fully saturated rings. The van der Waals surface area contributed by atoms with Crippen molar-refractivity contribution in [1.82, 2.24) is 5.32 Å². The molecule has 3 nitrogen and oxygen atoms in total. The summed E-state index contributed by atoms with van der Waals surface area (Å²) in [6.45, 7) is 2.76. The van der Waals surface area contributed by atoms with Crippen LogP contribution in [0.5, 0.6) is 0 Å². The molecule has 0 heterocycles. The average Bonchev–Trinajstić information content (AvgIpc) is 2.95. The van der Waals surface area contributed by atoms with Gasteiger partial charge in [0.1, 0.15) is 9.84 Å². The van der Waals surface area contributed by atoms with Crippen molar-refractivity contribution in [1.29, 1.82) is 0 Å². The first-order valence-corrected chi connectivity index (χ1v) is 7.40. The molecular weight excluding hydrogens is 198 g/mol. The first-order chi connectivity index (χ1) is 6.64. The SMILES string of the molecule is CCS(=O)(=O)CCCCCNC1CC1. The highest BCUT2D eigenvalue weighted by molar-refractivity contribution is 7.91. The van der Waals surface area contributed by atoms with Crippen molar-refractivity contribution < 1.29 is 8.42 Å². The predicted octanol–water partition coefficient (Wildman–Crippen LogP) is 1.34.